The number of para-hydroxylation sites is 1. The molecule has 6 heteroatoms. The molecule has 0 radical (unpaired) electrons. The van der Waals surface area contributed by atoms with E-state index in [4.69, 9.17) is 4.74 Å². The number of rotatable bonds is 5. The van der Waals surface area contributed by atoms with Crippen molar-refractivity contribution in [2.24, 2.45) is 0 Å². The van der Waals surface area contributed by atoms with Gasteiger partial charge in [0.1, 0.15) is 0 Å². The van der Waals surface area contributed by atoms with Crippen molar-refractivity contribution in [1.82, 2.24) is 9.97 Å². The Morgan fingerprint density at radius 2 is 1.92 bits per heavy atom. The number of H-pyrrole nitrogens is 1. The largest absolute Gasteiger partial charge is 0.454 e. The molecule has 0 unspecified atom stereocenters. The fraction of sp³-hybridized carbons (Fsp3) is 0.211. The Hall–Kier alpha value is -2.60. The molecule has 0 aliphatic carbocycles. The van der Waals surface area contributed by atoms with Crippen molar-refractivity contribution in [2.45, 2.75) is 24.8 Å². The molecule has 0 bridgehead atoms. The van der Waals surface area contributed by atoms with Crippen LogP contribution >= 0.6 is 11.8 Å². The summed E-state index contributed by atoms with van der Waals surface area (Å²) in [6, 6.07) is 14.9. The number of aryl methyl sites for hydroxylation is 1. The van der Waals surface area contributed by atoms with E-state index >= 15 is 0 Å². The molecule has 0 saturated heterocycles. The van der Waals surface area contributed by atoms with E-state index in [2.05, 4.69) is 9.97 Å². The summed E-state index contributed by atoms with van der Waals surface area (Å²) in [7, 11) is 0. The van der Waals surface area contributed by atoms with E-state index < -0.39 is 6.10 Å². The average Bonchev–Trinajstić information content (AvgIpc) is 2.61. The van der Waals surface area contributed by atoms with Crippen LogP contribution in [0.3, 0.4) is 0 Å². The molecule has 0 amide bonds. The number of carbonyl (C=O) groups excluding carboxylic acids is 1. The molecule has 1 heterocycles. The Kier molecular flexibility index (Phi) is 5.19. The molecule has 2 aromatic carbocycles. The molecule has 0 aliphatic heterocycles. The van der Waals surface area contributed by atoms with E-state index in [1.807, 2.05) is 37.3 Å². The number of aromatic amines is 1. The van der Waals surface area contributed by atoms with E-state index in [1.165, 1.54) is 11.8 Å². The minimum atomic E-state index is -0.623. The van der Waals surface area contributed by atoms with E-state index in [1.54, 1.807) is 25.1 Å². The lowest BCUT2D eigenvalue weighted by atomic mass is 10.2. The first-order valence-electron chi connectivity index (χ1n) is 7.91. The van der Waals surface area contributed by atoms with Gasteiger partial charge in [0.15, 0.2) is 11.9 Å². The minimum Gasteiger partial charge on any atom is -0.454 e. The van der Waals surface area contributed by atoms with Gasteiger partial charge in [-0.15, -0.1) is 11.8 Å². The van der Waals surface area contributed by atoms with Gasteiger partial charge in [-0.25, -0.2) is 4.98 Å². The number of ether oxygens (including phenoxy) is 1. The number of thioether (sulfide) groups is 1. The first-order valence-corrected chi connectivity index (χ1v) is 8.90. The molecule has 0 spiro atoms. The molecule has 1 atom stereocenters. The topological polar surface area (TPSA) is 72.0 Å². The number of nitrogens with zero attached hydrogens (tertiary/aromatic N) is 1. The summed E-state index contributed by atoms with van der Waals surface area (Å²) in [5.74, 6) is 0.196. The second kappa shape index (κ2) is 7.53. The van der Waals surface area contributed by atoms with Crippen LogP contribution in [0.25, 0.3) is 10.9 Å². The van der Waals surface area contributed by atoms with Crippen molar-refractivity contribution in [2.75, 3.05) is 5.75 Å². The highest BCUT2D eigenvalue weighted by Crippen LogP contribution is 2.23. The molecular formula is C19H18N2O3S. The van der Waals surface area contributed by atoms with Gasteiger partial charge < -0.3 is 9.72 Å². The van der Waals surface area contributed by atoms with Crippen LogP contribution < -0.4 is 5.56 Å². The number of benzene rings is 2. The van der Waals surface area contributed by atoms with Crippen molar-refractivity contribution >= 4 is 28.6 Å². The van der Waals surface area contributed by atoms with Gasteiger partial charge in [0.05, 0.1) is 16.7 Å². The lowest BCUT2D eigenvalue weighted by molar-refractivity contribution is -0.145. The first-order chi connectivity index (χ1) is 12.0. The molecule has 1 N–H and O–H groups in total. The van der Waals surface area contributed by atoms with E-state index in [0.29, 0.717) is 16.7 Å². The lowest BCUT2D eigenvalue weighted by Gasteiger charge is -2.13. The fourth-order valence-corrected chi connectivity index (χ4v) is 3.25. The highest BCUT2D eigenvalue weighted by molar-refractivity contribution is 8.00. The summed E-state index contributed by atoms with van der Waals surface area (Å²) in [5, 5.41) is 0.514. The van der Waals surface area contributed by atoms with Gasteiger partial charge in [-0.1, -0.05) is 30.3 Å². The van der Waals surface area contributed by atoms with Crippen molar-refractivity contribution in [3.8, 4) is 0 Å². The summed E-state index contributed by atoms with van der Waals surface area (Å²) < 4.78 is 5.41. The minimum absolute atomic E-state index is 0.201. The van der Waals surface area contributed by atoms with Crippen molar-refractivity contribution in [3.63, 3.8) is 0 Å². The SMILES string of the molecule is Cc1ccccc1SCC(=O)O[C@H](C)c1nc2ccccc2c(=O)[nH]1. The summed E-state index contributed by atoms with van der Waals surface area (Å²) in [6.45, 7) is 3.70. The van der Waals surface area contributed by atoms with E-state index in [-0.39, 0.29) is 17.3 Å². The number of esters is 1. The Morgan fingerprint density at radius 1 is 1.20 bits per heavy atom. The van der Waals surface area contributed by atoms with Gasteiger partial charge in [0.2, 0.25) is 0 Å². The van der Waals surface area contributed by atoms with Crippen LogP contribution in [0.5, 0.6) is 0 Å². The predicted molar refractivity (Wildman–Crippen MR) is 98.8 cm³/mol. The number of aromatic nitrogens is 2. The zero-order valence-corrected chi connectivity index (χ0v) is 14.8. The maximum atomic E-state index is 12.1. The van der Waals surface area contributed by atoms with Gasteiger partial charge >= 0.3 is 5.97 Å². The molecule has 0 aliphatic rings. The molecule has 1 aromatic heterocycles. The van der Waals surface area contributed by atoms with Crippen LogP contribution in [-0.4, -0.2) is 21.7 Å². The number of hydrogen-bond donors (Lipinski definition) is 1. The Bertz CT molecular complexity index is 968. The third-order valence-corrected chi connectivity index (χ3v) is 4.91. The van der Waals surface area contributed by atoms with Crippen LogP contribution in [0, 0.1) is 6.92 Å². The standard InChI is InChI=1S/C19H18N2O3S/c1-12-7-3-6-10-16(12)25-11-17(22)24-13(2)18-20-15-9-5-4-8-14(15)19(23)21-18/h3-10,13H,11H2,1-2H3,(H,20,21,23)/t13-/m1/s1. The molecule has 25 heavy (non-hydrogen) atoms. The van der Waals surface area contributed by atoms with Crippen LogP contribution in [0.4, 0.5) is 0 Å². The van der Waals surface area contributed by atoms with E-state index in [0.717, 1.165) is 10.5 Å². The maximum absolute atomic E-state index is 12.1. The molecule has 5 nitrogen and oxygen atoms in total. The third kappa shape index (κ3) is 4.09. The zero-order valence-electron chi connectivity index (χ0n) is 14.0. The average molecular weight is 354 g/mol. The highest BCUT2D eigenvalue weighted by Gasteiger charge is 2.16. The van der Waals surface area contributed by atoms with E-state index in [9.17, 15) is 9.59 Å². The van der Waals surface area contributed by atoms with Gasteiger partial charge in [-0.05, 0) is 37.6 Å². The van der Waals surface area contributed by atoms with Crippen molar-refractivity contribution in [1.29, 1.82) is 0 Å². The Balaban J connectivity index is 1.67. The van der Waals surface area contributed by atoms with Gasteiger partial charge in [0.25, 0.3) is 5.56 Å². The smallest absolute Gasteiger partial charge is 0.316 e. The molecule has 3 rings (SSSR count). The van der Waals surface area contributed by atoms with Crippen molar-refractivity contribution in [3.05, 3.63) is 70.3 Å². The molecule has 128 valence electrons. The monoisotopic (exact) mass is 354 g/mol. The molecule has 0 saturated carbocycles. The zero-order chi connectivity index (χ0) is 17.8. The number of nitrogens with one attached hydrogen (secondary N) is 1. The van der Waals surface area contributed by atoms with Crippen LogP contribution in [0.1, 0.15) is 24.4 Å². The summed E-state index contributed by atoms with van der Waals surface area (Å²) in [4.78, 5) is 32.3. The first kappa shape index (κ1) is 17.2. The Morgan fingerprint density at radius 3 is 2.72 bits per heavy atom. The summed E-state index contributed by atoms with van der Waals surface area (Å²) >= 11 is 1.43. The Labute approximate surface area is 149 Å². The van der Waals surface area contributed by atoms with Gasteiger partial charge in [0, 0.05) is 4.90 Å². The third-order valence-electron chi connectivity index (χ3n) is 3.76. The van der Waals surface area contributed by atoms with Crippen LogP contribution in [-0.2, 0) is 9.53 Å². The van der Waals surface area contributed by atoms with Gasteiger partial charge in [-0.2, -0.15) is 0 Å². The maximum Gasteiger partial charge on any atom is 0.316 e. The second-order valence-corrected chi connectivity index (χ2v) is 6.67. The van der Waals surface area contributed by atoms with Gasteiger partial charge in [-0.3, -0.25) is 9.59 Å². The van der Waals surface area contributed by atoms with Crippen LogP contribution in [0.2, 0.25) is 0 Å². The fourth-order valence-electron chi connectivity index (χ4n) is 2.44. The summed E-state index contributed by atoms with van der Waals surface area (Å²) in [5.41, 5.74) is 1.46. The number of fused-ring (bicyclic) bond motifs is 1. The van der Waals surface area contributed by atoms with Crippen LogP contribution in [0.15, 0.2) is 58.2 Å². The second-order valence-electron chi connectivity index (χ2n) is 5.65. The summed E-state index contributed by atoms with van der Waals surface area (Å²) in [6.07, 6.45) is -0.623. The molecule has 0 fully saturated rings. The van der Waals surface area contributed by atoms with Crippen molar-refractivity contribution < 1.29 is 9.53 Å². The predicted octanol–water partition coefficient (Wildman–Crippen LogP) is 3.63. The number of carbonyl (C=O) groups is 1. The normalized spacial score (nSPS) is 12.1. The number of hydrogen-bond acceptors (Lipinski definition) is 5. The highest BCUT2D eigenvalue weighted by atomic mass is 32.2. The lowest BCUT2D eigenvalue weighted by Crippen LogP contribution is -2.18. The molecular weight excluding hydrogens is 336 g/mol. The quantitative estimate of drug-likeness (QED) is 0.559. The molecule has 3 aromatic rings.